The molecule has 0 saturated heterocycles. The number of nitrogens with one attached hydrogen (secondary N) is 1. The standard InChI is InChI=1S/C36H69NO3/c1-3-5-7-9-11-13-15-16-17-18-19-20-22-24-26-28-30-32-36(40)37-34(33-38)35(39)31-29-27-25-23-21-14-12-10-8-6-4-2/h16-17,29,31,34-35,38-39H,3-15,18-28,30,32-33H2,1-2H3,(H,37,40)/b17-16+,31-29+/t34-,35+/m0/s1. The lowest BCUT2D eigenvalue weighted by Crippen LogP contribution is -2.45. The maximum Gasteiger partial charge on any atom is 0.220 e. The Morgan fingerprint density at radius 3 is 1.38 bits per heavy atom. The van der Waals surface area contributed by atoms with Crippen molar-refractivity contribution < 1.29 is 15.0 Å². The Bertz CT molecular complexity index is 574. The third kappa shape index (κ3) is 28.4. The van der Waals surface area contributed by atoms with E-state index in [1.165, 1.54) is 135 Å². The largest absolute Gasteiger partial charge is 0.394 e. The molecule has 236 valence electrons. The number of allylic oxidation sites excluding steroid dienone is 3. The molecule has 0 aliphatic rings. The summed E-state index contributed by atoms with van der Waals surface area (Å²) in [5.74, 6) is -0.0711. The quantitative estimate of drug-likeness (QED) is 0.0580. The first kappa shape index (κ1) is 38.9. The summed E-state index contributed by atoms with van der Waals surface area (Å²) < 4.78 is 0. The number of hydrogen-bond acceptors (Lipinski definition) is 3. The average molecular weight is 564 g/mol. The molecule has 0 aromatic heterocycles. The molecule has 0 aromatic carbocycles. The smallest absolute Gasteiger partial charge is 0.220 e. The number of carbonyl (C=O) groups excluding carboxylic acids is 1. The van der Waals surface area contributed by atoms with E-state index < -0.39 is 12.1 Å². The van der Waals surface area contributed by atoms with Crippen molar-refractivity contribution in [2.24, 2.45) is 0 Å². The second-order valence-corrected chi connectivity index (χ2v) is 11.9. The van der Waals surface area contributed by atoms with Crippen molar-refractivity contribution in [2.45, 2.75) is 193 Å². The molecular formula is C36H69NO3. The summed E-state index contributed by atoms with van der Waals surface area (Å²) in [6.07, 6.45) is 39.7. The molecule has 40 heavy (non-hydrogen) atoms. The summed E-state index contributed by atoms with van der Waals surface area (Å²) in [6.45, 7) is 4.28. The Hall–Kier alpha value is -1.13. The molecule has 0 aliphatic carbocycles. The summed E-state index contributed by atoms with van der Waals surface area (Å²) in [7, 11) is 0. The van der Waals surface area contributed by atoms with Crippen molar-refractivity contribution in [3.8, 4) is 0 Å². The number of aliphatic hydroxyl groups excluding tert-OH is 2. The van der Waals surface area contributed by atoms with Gasteiger partial charge in [-0.15, -0.1) is 0 Å². The SMILES string of the molecule is CCCCCCCC/C=C/CCCCCCCCCC(=O)N[C@@H](CO)[C@H](O)/C=C/CCCCCCCCCCC. The van der Waals surface area contributed by atoms with Crippen molar-refractivity contribution in [1.29, 1.82) is 0 Å². The van der Waals surface area contributed by atoms with Gasteiger partial charge in [0.2, 0.25) is 5.91 Å². The monoisotopic (exact) mass is 564 g/mol. The summed E-state index contributed by atoms with van der Waals surface area (Å²) in [4.78, 5) is 12.3. The predicted molar refractivity (Wildman–Crippen MR) is 175 cm³/mol. The fourth-order valence-corrected chi connectivity index (χ4v) is 5.17. The topological polar surface area (TPSA) is 69.6 Å². The molecule has 0 radical (unpaired) electrons. The van der Waals surface area contributed by atoms with Crippen LogP contribution in [-0.4, -0.2) is 34.9 Å². The number of carbonyl (C=O) groups is 1. The van der Waals surface area contributed by atoms with Crippen LogP contribution < -0.4 is 5.32 Å². The van der Waals surface area contributed by atoms with Crippen LogP contribution in [0.4, 0.5) is 0 Å². The van der Waals surface area contributed by atoms with Gasteiger partial charge >= 0.3 is 0 Å². The van der Waals surface area contributed by atoms with Gasteiger partial charge in [0.15, 0.2) is 0 Å². The highest BCUT2D eigenvalue weighted by Gasteiger charge is 2.17. The number of amides is 1. The molecule has 4 heteroatoms. The third-order valence-corrected chi connectivity index (χ3v) is 7.93. The fourth-order valence-electron chi connectivity index (χ4n) is 5.17. The van der Waals surface area contributed by atoms with E-state index in [0.29, 0.717) is 6.42 Å². The zero-order chi connectivity index (χ0) is 29.4. The molecule has 0 unspecified atom stereocenters. The molecule has 1 amide bonds. The number of aliphatic hydroxyl groups is 2. The molecule has 0 heterocycles. The lowest BCUT2D eigenvalue weighted by atomic mass is 10.1. The van der Waals surface area contributed by atoms with Crippen LogP contribution in [0.1, 0.15) is 181 Å². The summed E-state index contributed by atoms with van der Waals surface area (Å²) in [6, 6.07) is -0.619. The zero-order valence-electron chi connectivity index (χ0n) is 26.9. The van der Waals surface area contributed by atoms with Gasteiger partial charge in [0.05, 0.1) is 18.8 Å². The first-order valence-electron chi connectivity index (χ1n) is 17.6. The maximum atomic E-state index is 12.3. The Balaban J connectivity index is 3.62. The Labute approximate surface area is 249 Å². The van der Waals surface area contributed by atoms with Crippen molar-refractivity contribution in [2.75, 3.05) is 6.61 Å². The van der Waals surface area contributed by atoms with Crippen LogP contribution >= 0.6 is 0 Å². The first-order valence-corrected chi connectivity index (χ1v) is 17.6. The number of rotatable bonds is 31. The summed E-state index contributed by atoms with van der Waals surface area (Å²) >= 11 is 0. The molecule has 0 fully saturated rings. The highest BCUT2D eigenvalue weighted by Crippen LogP contribution is 2.13. The van der Waals surface area contributed by atoms with Crippen LogP contribution in [0, 0.1) is 0 Å². The molecule has 2 atom stereocenters. The highest BCUT2D eigenvalue weighted by atomic mass is 16.3. The van der Waals surface area contributed by atoms with Crippen LogP contribution in [0.2, 0.25) is 0 Å². The van der Waals surface area contributed by atoms with E-state index >= 15 is 0 Å². The van der Waals surface area contributed by atoms with Crippen LogP contribution in [0.25, 0.3) is 0 Å². The van der Waals surface area contributed by atoms with E-state index in [2.05, 4.69) is 31.3 Å². The minimum atomic E-state index is -0.835. The molecule has 0 bridgehead atoms. The molecular weight excluding hydrogens is 494 g/mol. The summed E-state index contributed by atoms with van der Waals surface area (Å²) in [5.41, 5.74) is 0. The second kappa shape index (κ2) is 32.4. The van der Waals surface area contributed by atoms with E-state index in [-0.39, 0.29) is 12.5 Å². The first-order chi connectivity index (χ1) is 19.7. The average Bonchev–Trinajstić information content (AvgIpc) is 2.96. The Morgan fingerprint density at radius 1 is 0.575 bits per heavy atom. The molecule has 4 nitrogen and oxygen atoms in total. The van der Waals surface area contributed by atoms with Crippen molar-refractivity contribution in [1.82, 2.24) is 5.32 Å². The molecule has 0 aromatic rings. The van der Waals surface area contributed by atoms with Gasteiger partial charge in [0.1, 0.15) is 0 Å². The lowest BCUT2D eigenvalue weighted by Gasteiger charge is -2.20. The van der Waals surface area contributed by atoms with Crippen molar-refractivity contribution in [3.05, 3.63) is 24.3 Å². The van der Waals surface area contributed by atoms with Crippen LogP contribution in [0.15, 0.2) is 24.3 Å². The Morgan fingerprint density at radius 2 is 0.950 bits per heavy atom. The maximum absolute atomic E-state index is 12.3. The minimum absolute atomic E-state index is 0.0711. The molecule has 0 saturated carbocycles. The number of hydrogen-bond donors (Lipinski definition) is 3. The van der Waals surface area contributed by atoms with E-state index in [4.69, 9.17) is 0 Å². The Kier molecular flexibility index (Phi) is 31.5. The van der Waals surface area contributed by atoms with E-state index in [1.54, 1.807) is 6.08 Å². The van der Waals surface area contributed by atoms with Crippen molar-refractivity contribution in [3.63, 3.8) is 0 Å². The van der Waals surface area contributed by atoms with E-state index in [1.807, 2.05) is 6.08 Å². The molecule has 3 N–H and O–H groups in total. The predicted octanol–water partition coefficient (Wildman–Crippen LogP) is 10.1. The van der Waals surface area contributed by atoms with Gasteiger partial charge in [-0.2, -0.15) is 0 Å². The van der Waals surface area contributed by atoms with Gasteiger partial charge in [-0.25, -0.2) is 0 Å². The van der Waals surface area contributed by atoms with Gasteiger partial charge in [-0.3, -0.25) is 4.79 Å². The molecule has 0 rings (SSSR count). The van der Waals surface area contributed by atoms with Gasteiger partial charge in [0.25, 0.3) is 0 Å². The van der Waals surface area contributed by atoms with E-state index in [0.717, 1.165) is 25.7 Å². The van der Waals surface area contributed by atoms with Gasteiger partial charge in [0, 0.05) is 6.42 Å². The van der Waals surface area contributed by atoms with Gasteiger partial charge < -0.3 is 15.5 Å². The number of unbranched alkanes of at least 4 members (excludes halogenated alkanes) is 22. The minimum Gasteiger partial charge on any atom is -0.394 e. The summed E-state index contributed by atoms with van der Waals surface area (Å²) in [5, 5.41) is 22.8. The van der Waals surface area contributed by atoms with Crippen molar-refractivity contribution >= 4 is 5.91 Å². The van der Waals surface area contributed by atoms with E-state index in [9.17, 15) is 15.0 Å². The normalized spacial score (nSPS) is 13.4. The van der Waals surface area contributed by atoms with Gasteiger partial charge in [-0.1, -0.05) is 154 Å². The fraction of sp³-hybridized carbons (Fsp3) is 0.861. The lowest BCUT2D eigenvalue weighted by molar-refractivity contribution is -0.123. The van der Waals surface area contributed by atoms with Crippen LogP contribution in [0.5, 0.6) is 0 Å². The van der Waals surface area contributed by atoms with Gasteiger partial charge in [-0.05, 0) is 44.9 Å². The third-order valence-electron chi connectivity index (χ3n) is 7.93. The highest BCUT2D eigenvalue weighted by molar-refractivity contribution is 5.76. The van der Waals surface area contributed by atoms with Crippen LogP contribution in [-0.2, 0) is 4.79 Å². The molecule has 0 aliphatic heterocycles. The second-order valence-electron chi connectivity index (χ2n) is 11.9. The zero-order valence-corrected chi connectivity index (χ0v) is 26.9. The van der Waals surface area contributed by atoms with Crippen LogP contribution in [0.3, 0.4) is 0 Å². The molecule has 0 spiro atoms.